The van der Waals surface area contributed by atoms with E-state index in [4.69, 9.17) is 0 Å². The molecule has 0 saturated carbocycles. The molecular formula is C68H47N3. The van der Waals surface area contributed by atoms with Crippen LogP contribution in [0.15, 0.2) is 249 Å². The molecule has 0 radical (unpaired) electrons. The fourth-order valence-electron chi connectivity index (χ4n) is 11.5. The average molecular weight is 906 g/mol. The van der Waals surface area contributed by atoms with E-state index in [9.17, 15) is 0 Å². The van der Waals surface area contributed by atoms with Gasteiger partial charge in [0.05, 0.1) is 33.1 Å². The van der Waals surface area contributed by atoms with Crippen LogP contribution in [0.2, 0.25) is 0 Å². The van der Waals surface area contributed by atoms with Gasteiger partial charge in [-0.2, -0.15) is 0 Å². The quantitative estimate of drug-likeness (QED) is 0.151. The number of nitrogens with zero attached hydrogens (tertiary/aromatic N) is 3. The molecule has 0 spiro atoms. The van der Waals surface area contributed by atoms with Crippen LogP contribution in [0.1, 0.15) is 11.1 Å². The summed E-state index contributed by atoms with van der Waals surface area (Å²) in [6.07, 6.45) is 0. The first-order valence-corrected chi connectivity index (χ1v) is 24.6. The van der Waals surface area contributed by atoms with E-state index >= 15 is 0 Å². The Hall–Kier alpha value is -9.18. The zero-order valence-electron chi connectivity index (χ0n) is 39.5. The highest BCUT2D eigenvalue weighted by Crippen LogP contribution is 2.41. The van der Waals surface area contributed by atoms with E-state index in [0.717, 1.165) is 17.1 Å². The SMILES string of the molecule is Cc1cc(C)cc(-c2cccc(-c3ccc(-n4c5ccc(-c6ccc7c(c6)c6ccccc6n7-c6ccccc6)cc5c5cc(-c6ccc7c(c6)c6ccccc6n7-c6ccccc6)ccc54)cc3)c2)c1. The van der Waals surface area contributed by atoms with Gasteiger partial charge in [-0.05, 0) is 161 Å². The highest BCUT2D eigenvalue weighted by atomic mass is 15.0. The first-order valence-electron chi connectivity index (χ1n) is 24.6. The normalized spacial score (nSPS) is 11.8. The smallest absolute Gasteiger partial charge is 0.0541 e. The van der Waals surface area contributed by atoms with E-state index in [1.54, 1.807) is 0 Å². The van der Waals surface area contributed by atoms with E-state index in [2.05, 4.69) is 276 Å². The summed E-state index contributed by atoms with van der Waals surface area (Å²) in [4.78, 5) is 0. The summed E-state index contributed by atoms with van der Waals surface area (Å²) >= 11 is 0. The fourth-order valence-corrected chi connectivity index (χ4v) is 11.5. The van der Waals surface area contributed by atoms with Gasteiger partial charge in [0, 0.05) is 49.4 Å². The lowest BCUT2D eigenvalue weighted by Crippen LogP contribution is -1.94. The Balaban J connectivity index is 0.928. The Kier molecular flexibility index (Phi) is 9.33. The van der Waals surface area contributed by atoms with Crippen LogP contribution in [-0.4, -0.2) is 13.7 Å². The lowest BCUT2D eigenvalue weighted by atomic mass is 9.97. The highest BCUT2D eigenvalue weighted by molar-refractivity contribution is 6.14. The van der Waals surface area contributed by atoms with Gasteiger partial charge in [-0.1, -0.05) is 157 Å². The third-order valence-electron chi connectivity index (χ3n) is 14.7. The van der Waals surface area contributed by atoms with Gasteiger partial charge in [0.25, 0.3) is 0 Å². The fraction of sp³-hybridized carbons (Fsp3) is 0.0294. The Morgan fingerprint density at radius 1 is 0.197 bits per heavy atom. The second kappa shape index (κ2) is 16.2. The van der Waals surface area contributed by atoms with E-state index in [1.807, 2.05) is 0 Å². The number of benzene rings is 11. The van der Waals surface area contributed by atoms with Crippen LogP contribution < -0.4 is 0 Å². The van der Waals surface area contributed by atoms with Crippen molar-refractivity contribution in [3.8, 4) is 61.6 Å². The molecule has 3 nitrogen and oxygen atoms in total. The Morgan fingerprint density at radius 2 is 0.521 bits per heavy atom. The minimum Gasteiger partial charge on any atom is -0.309 e. The van der Waals surface area contributed by atoms with Crippen molar-refractivity contribution in [3.05, 3.63) is 260 Å². The molecule has 0 N–H and O–H groups in total. The first-order chi connectivity index (χ1) is 35.0. The molecule has 0 fully saturated rings. The number of aromatic nitrogens is 3. The summed E-state index contributed by atoms with van der Waals surface area (Å²) in [6.45, 7) is 4.35. The number of para-hydroxylation sites is 4. The molecule has 11 aromatic carbocycles. The second-order valence-corrected chi connectivity index (χ2v) is 19.1. The molecule has 0 unspecified atom stereocenters. The highest BCUT2D eigenvalue weighted by Gasteiger charge is 2.19. The van der Waals surface area contributed by atoms with Gasteiger partial charge in [0.1, 0.15) is 0 Å². The van der Waals surface area contributed by atoms with Crippen molar-refractivity contribution < 1.29 is 0 Å². The van der Waals surface area contributed by atoms with E-state index < -0.39 is 0 Å². The lowest BCUT2D eigenvalue weighted by Gasteiger charge is -2.11. The van der Waals surface area contributed by atoms with E-state index in [-0.39, 0.29) is 0 Å². The minimum atomic E-state index is 1.13. The summed E-state index contributed by atoms with van der Waals surface area (Å²) < 4.78 is 7.22. The molecule has 0 aliphatic rings. The molecular weight excluding hydrogens is 859 g/mol. The van der Waals surface area contributed by atoms with Crippen LogP contribution in [0.4, 0.5) is 0 Å². The van der Waals surface area contributed by atoms with Crippen LogP contribution in [0.5, 0.6) is 0 Å². The number of hydrogen-bond donors (Lipinski definition) is 0. The molecule has 0 aliphatic carbocycles. The summed E-state index contributed by atoms with van der Waals surface area (Å²) in [6, 6.07) is 91.8. The maximum atomic E-state index is 2.45. The third kappa shape index (κ3) is 6.73. The maximum absolute atomic E-state index is 2.45. The van der Waals surface area contributed by atoms with Crippen molar-refractivity contribution in [3.63, 3.8) is 0 Å². The largest absolute Gasteiger partial charge is 0.309 e. The predicted octanol–water partition coefficient (Wildman–Crippen LogP) is 18.3. The van der Waals surface area contributed by atoms with Crippen LogP contribution in [-0.2, 0) is 0 Å². The lowest BCUT2D eigenvalue weighted by molar-refractivity contribution is 1.18. The maximum Gasteiger partial charge on any atom is 0.0541 e. The minimum absolute atomic E-state index is 1.13. The zero-order chi connectivity index (χ0) is 47.2. The third-order valence-corrected chi connectivity index (χ3v) is 14.7. The second-order valence-electron chi connectivity index (χ2n) is 19.1. The molecule has 0 atom stereocenters. The molecule has 71 heavy (non-hydrogen) atoms. The summed E-state index contributed by atoms with van der Waals surface area (Å²) in [5, 5.41) is 7.43. The molecule has 3 aromatic heterocycles. The van der Waals surface area contributed by atoms with Crippen LogP contribution in [0.25, 0.3) is 127 Å². The van der Waals surface area contributed by atoms with Gasteiger partial charge >= 0.3 is 0 Å². The van der Waals surface area contributed by atoms with Gasteiger partial charge in [0.15, 0.2) is 0 Å². The molecule has 14 aromatic rings. The number of aryl methyl sites for hydroxylation is 2. The monoisotopic (exact) mass is 905 g/mol. The van der Waals surface area contributed by atoms with Crippen molar-refractivity contribution >= 4 is 65.4 Å². The number of rotatable bonds is 7. The Morgan fingerprint density at radius 3 is 0.958 bits per heavy atom. The topological polar surface area (TPSA) is 14.8 Å². The molecule has 0 bridgehead atoms. The van der Waals surface area contributed by atoms with Crippen molar-refractivity contribution in [1.29, 1.82) is 0 Å². The molecule has 0 saturated heterocycles. The molecule has 3 heteroatoms. The number of hydrogen-bond acceptors (Lipinski definition) is 0. The zero-order valence-corrected chi connectivity index (χ0v) is 39.5. The molecule has 3 heterocycles. The van der Waals surface area contributed by atoms with Crippen molar-refractivity contribution in [2.45, 2.75) is 13.8 Å². The van der Waals surface area contributed by atoms with E-state index in [1.165, 1.54) is 121 Å². The van der Waals surface area contributed by atoms with Crippen molar-refractivity contribution in [2.75, 3.05) is 0 Å². The van der Waals surface area contributed by atoms with Crippen molar-refractivity contribution in [1.82, 2.24) is 13.7 Å². The summed E-state index contributed by atoms with van der Waals surface area (Å²) in [5.41, 5.74) is 22.8. The molecule has 0 amide bonds. The summed E-state index contributed by atoms with van der Waals surface area (Å²) in [5.74, 6) is 0. The van der Waals surface area contributed by atoms with Gasteiger partial charge in [0.2, 0.25) is 0 Å². The Bertz CT molecular complexity index is 4160. The molecule has 14 rings (SSSR count). The van der Waals surface area contributed by atoms with Gasteiger partial charge in [-0.15, -0.1) is 0 Å². The van der Waals surface area contributed by atoms with Crippen molar-refractivity contribution in [2.24, 2.45) is 0 Å². The van der Waals surface area contributed by atoms with Gasteiger partial charge in [-0.25, -0.2) is 0 Å². The Labute approximate surface area is 412 Å². The van der Waals surface area contributed by atoms with Gasteiger partial charge in [-0.3, -0.25) is 0 Å². The van der Waals surface area contributed by atoms with Gasteiger partial charge < -0.3 is 13.7 Å². The molecule has 334 valence electrons. The van der Waals surface area contributed by atoms with Crippen LogP contribution in [0, 0.1) is 13.8 Å². The van der Waals surface area contributed by atoms with Crippen LogP contribution in [0.3, 0.4) is 0 Å². The molecule has 0 aliphatic heterocycles. The average Bonchev–Trinajstić information content (AvgIpc) is 4.06. The first kappa shape index (κ1) is 40.8. The van der Waals surface area contributed by atoms with Crippen LogP contribution >= 0.6 is 0 Å². The number of fused-ring (bicyclic) bond motifs is 9. The summed E-state index contributed by atoms with van der Waals surface area (Å²) in [7, 11) is 0. The standard InChI is InChI=1S/C68H47N3/c1-44-36-45(2)38-53(37-44)48-15-13-14-47(39-48)46-24-30-56(31-25-46)71-67-34-28-51(49-26-32-65-59(40-49)57-20-9-11-22-63(57)69(65)54-16-5-3-6-17-54)42-61(67)62-43-52(29-35-68(62)71)50-27-33-66-60(41-50)58-21-10-12-23-64(58)70(66)55-18-7-4-8-19-55/h3-43H,1-2H3. The predicted molar refractivity (Wildman–Crippen MR) is 301 cm³/mol. The van der Waals surface area contributed by atoms with E-state index in [0.29, 0.717) is 0 Å².